The molecule has 0 heterocycles. The van der Waals surface area contributed by atoms with Crippen molar-refractivity contribution in [1.29, 1.82) is 0 Å². The first-order chi connectivity index (χ1) is 6.90. The minimum absolute atomic E-state index is 0.134. The highest BCUT2D eigenvalue weighted by Gasteiger charge is 2.32. The molecule has 1 heteroatoms. The van der Waals surface area contributed by atoms with Gasteiger partial charge in [-0.05, 0) is 45.1 Å². The largest absolute Gasteiger partial charge is 0.294 e. The lowest BCUT2D eigenvalue weighted by Gasteiger charge is -2.36. The van der Waals surface area contributed by atoms with Gasteiger partial charge in [0.1, 0.15) is 0 Å². The lowest BCUT2D eigenvalue weighted by molar-refractivity contribution is -0.117. The van der Waals surface area contributed by atoms with Crippen molar-refractivity contribution in [3.05, 3.63) is 23.3 Å². The van der Waals surface area contributed by atoms with E-state index in [-0.39, 0.29) is 17.1 Å². The van der Waals surface area contributed by atoms with E-state index >= 15 is 0 Å². The monoisotopic (exact) mass is 206 g/mol. The highest BCUT2D eigenvalue weighted by Crippen LogP contribution is 2.42. The highest BCUT2D eigenvalue weighted by molar-refractivity contribution is 5.93. The number of hydrogen-bond acceptors (Lipinski definition) is 1. The molecule has 0 aliphatic heterocycles. The number of carbonyl (C=O) groups is 1. The van der Waals surface area contributed by atoms with Gasteiger partial charge in [-0.15, -0.1) is 0 Å². The van der Waals surface area contributed by atoms with Crippen LogP contribution in [0.5, 0.6) is 0 Å². The Labute approximate surface area is 93.3 Å². The fourth-order valence-corrected chi connectivity index (χ4v) is 2.34. The normalized spacial score (nSPS) is 26.1. The molecule has 0 saturated heterocycles. The highest BCUT2D eigenvalue weighted by atomic mass is 16.1. The van der Waals surface area contributed by atoms with Gasteiger partial charge >= 0.3 is 0 Å². The molecule has 0 radical (unpaired) electrons. The fraction of sp³-hybridized carbons (Fsp3) is 0.643. The second-order valence-corrected chi connectivity index (χ2v) is 5.19. The summed E-state index contributed by atoms with van der Waals surface area (Å²) in [6, 6.07) is 0. The molecule has 0 fully saturated rings. The molecular weight excluding hydrogens is 184 g/mol. The quantitative estimate of drug-likeness (QED) is 0.494. The molecule has 1 nitrogen and oxygen atoms in total. The average molecular weight is 206 g/mol. The van der Waals surface area contributed by atoms with E-state index < -0.39 is 0 Å². The van der Waals surface area contributed by atoms with Crippen LogP contribution in [0.2, 0.25) is 0 Å². The van der Waals surface area contributed by atoms with Crippen LogP contribution in [0.15, 0.2) is 23.3 Å². The van der Waals surface area contributed by atoms with Gasteiger partial charge in [-0.25, -0.2) is 0 Å². The number of rotatable bonds is 2. The summed E-state index contributed by atoms with van der Waals surface area (Å²) in [7, 11) is 0. The van der Waals surface area contributed by atoms with Gasteiger partial charge in [0.25, 0.3) is 0 Å². The van der Waals surface area contributed by atoms with Crippen molar-refractivity contribution in [1.82, 2.24) is 0 Å². The van der Waals surface area contributed by atoms with Gasteiger partial charge in [0.15, 0.2) is 5.78 Å². The van der Waals surface area contributed by atoms with Crippen molar-refractivity contribution in [3.63, 3.8) is 0 Å². The lowest BCUT2D eigenvalue weighted by Crippen LogP contribution is -2.27. The van der Waals surface area contributed by atoms with Crippen LogP contribution in [-0.4, -0.2) is 5.78 Å². The molecule has 0 aromatic heterocycles. The Hall–Kier alpha value is -0.850. The molecule has 1 unspecified atom stereocenters. The van der Waals surface area contributed by atoms with E-state index in [9.17, 15) is 4.79 Å². The first-order valence-electron chi connectivity index (χ1n) is 5.74. The molecular formula is C14H22O. The molecule has 15 heavy (non-hydrogen) atoms. The van der Waals surface area contributed by atoms with E-state index in [1.165, 1.54) is 11.1 Å². The number of ketones is 1. The molecule has 0 amide bonds. The molecule has 0 spiro atoms. The second-order valence-electron chi connectivity index (χ2n) is 5.19. The summed E-state index contributed by atoms with van der Waals surface area (Å²) in [6.45, 7) is 10.7. The minimum atomic E-state index is 0.134. The molecule has 0 N–H and O–H groups in total. The van der Waals surface area contributed by atoms with E-state index in [2.05, 4.69) is 27.7 Å². The lowest BCUT2D eigenvalue weighted by atomic mass is 9.68. The maximum absolute atomic E-state index is 11.8. The average Bonchev–Trinajstić information content (AvgIpc) is 2.15. The number of carbonyl (C=O) groups excluding carboxylic acids is 1. The maximum Gasteiger partial charge on any atom is 0.162 e. The first kappa shape index (κ1) is 12.2. The third kappa shape index (κ3) is 2.39. The summed E-state index contributed by atoms with van der Waals surface area (Å²) < 4.78 is 0. The van der Waals surface area contributed by atoms with Crippen LogP contribution in [0.3, 0.4) is 0 Å². The van der Waals surface area contributed by atoms with Crippen LogP contribution in [0.1, 0.15) is 47.5 Å². The van der Waals surface area contributed by atoms with E-state index in [0.717, 1.165) is 12.8 Å². The molecule has 84 valence electrons. The minimum Gasteiger partial charge on any atom is -0.294 e. The van der Waals surface area contributed by atoms with E-state index in [1.54, 1.807) is 6.08 Å². The molecule has 0 bridgehead atoms. The SMILES string of the molecule is CC=CC(=O)C1CCC(C)(C)C(C)=C1C. The zero-order valence-corrected chi connectivity index (χ0v) is 10.6. The molecule has 0 aromatic rings. The van der Waals surface area contributed by atoms with Crippen LogP contribution < -0.4 is 0 Å². The predicted molar refractivity (Wildman–Crippen MR) is 64.7 cm³/mol. The summed E-state index contributed by atoms with van der Waals surface area (Å²) in [4.78, 5) is 11.8. The van der Waals surface area contributed by atoms with Gasteiger partial charge in [-0.2, -0.15) is 0 Å². The standard InChI is InChI=1S/C14H22O/c1-6-7-13(15)12-8-9-14(4,5)11(3)10(12)2/h6-7,12H,8-9H2,1-5H3. The van der Waals surface area contributed by atoms with Crippen LogP contribution >= 0.6 is 0 Å². The van der Waals surface area contributed by atoms with Crippen LogP contribution in [0.4, 0.5) is 0 Å². The van der Waals surface area contributed by atoms with Gasteiger partial charge < -0.3 is 0 Å². The van der Waals surface area contributed by atoms with Gasteiger partial charge in [-0.3, -0.25) is 4.79 Å². The van der Waals surface area contributed by atoms with Gasteiger partial charge in [0.2, 0.25) is 0 Å². The summed E-state index contributed by atoms with van der Waals surface area (Å²) in [5.41, 5.74) is 2.96. The fourth-order valence-electron chi connectivity index (χ4n) is 2.34. The van der Waals surface area contributed by atoms with Gasteiger partial charge in [0.05, 0.1) is 0 Å². The Bertz CT molecular complexity index is 318. The maximum atomic E-state index is 11.8. The van der Waals surface area contributed by atoms with Crippen molar-refractivity contribution in [3.8, 4) is 0 Å². The van der Waals surface area contributed by atoms with Crippen LogP contribution in [-0.2, 0) is 4.79 Å². The molecule has 1 aliphatic carbocycles. The molecule has 0 aromatic carbocycles. The van der Waals surface area contributed by atoms with Crippen molar-refractivity contribution >= 4 is 5.78 Å². The zero-order chi connectivity index (χ0) is 11.6. The Kier molecular flexibility index (Phi) is 3.54. The Morgan fingerprint density at radius 3 is 2.53 bits per heavy atom. The zero-order valence-electron chi connectivity index (χ0n) is 10.6. The van der Waals surface area contributed by atoms with Gasteiger partial charge in [-0.1, -0.05) is 31.1 Å². The van der Waals surface area contributed by atoms with Crippen LogP contribution in [0.25, 0.3) is 0 Å². The van der Waals surface area contributed by atoms with Gasteiger partial charge in [0, 0.05) is 5.92 Å². The Morgan fingerprint density at radius 1 is 1.40 bits per heavy atom. The number of allylic oxidation sites excluding steroid dienone is 4. The van der Waals surface area contributed by atoms with Crippen LogP contribution in [0, 0.1) is 11.3 Å². The summed E-state index contributed by atoms with van der Waals surface area (Å²) in [6.07, 6.45) is 5.66. The third-order valence-corrected chi connectivity index (χ3v) is 3.86. The summed E-state index contributed by atoms with van der Waals surface area (Å²) >= 11 is 0. The molecule has 1 aliphatic rings. The second kappa shape index (κ2) is 4.34. The molecule has 1 rings (SSSR count). The Morgan fingerprint density at radius 2 is 2.00 bits per heavy atom. The third-order valence-electron chi connectivity index (χ3n) is 3.86. The molecule has 1 atom stereocenters. The topological polar surface area (TPSA) is 17.1 Å². The van der Waals surface area contributed by atoms with Crippen molar-refractivity contribution in [2.24, 2.45) is 11.3 Å². The Balaban J connectivity index is 2.99. The van der Waals surface area contributed by atoms with Crippen molar-refractivity contribution < 1.29 is 4.79 Å². The van der Waals surface area contributed by atoms with Crippen molar-refractivity contribution in [2.75, 3.05) is 0 Å². The summed E-state index contributed by atoms with van der Waals surface area (Å²) in [5, 5.41) is 0. The molecule has 0 saturated carbocycles. The van der Waals surface area contributed by atoms with E-state index in [0.29, 0.717) is 0 Å². The first-order valence-corrected chi connectivity index (χ1v) is 5.74. The van der Waals surface area contributed by atoms with E-state index in [4.69, 9.17) is 0 Å². The van der Waals surface area contributed by atoms with Crippen molar-refractivity contribution in [2.45, 2.75) is 47.5 Å². The van der Waals surface area contributed by atoms with E-state index in [1.807, 2.05) is 13.0 Å². The smallest absolute Gasteiger partial charge is 0.162 e. The summed E-state index contributed by atoms with van der Waals surface area (Å²) in [5.74, 6) is 0.402. The number of hydrogen-bond donors (Lipinski definition) is 0. The predicted octanol–water partition coefficient (Wildman–Crippen LogP) is 3.90.